The van der Waals surface area contributed by atoms with Crippen LogP contribution in [0.2, 0.25) is 0 Å². The van der Waals surface area contributed by atoms with E-state index >= 15 is 0 Å². The molecule has 0 saturated heterocycles. The molecule has 2 N–H and O–H groups in total. The van der Waals surface area contributed by atoms with Gasteiger partial charge in [-0.1, -0.05) is 13.3 Å². The maximum Gasteiger partial charge on any atom is 0.265 e. The summed E-state index contributed by atoms with van der Waals surface area (Å²) >= 11 is 0. The highest BCUT2D eigenvalue weighted by molar-refractivity contribution is 5.97. The van der Waals surface area contributed by atoms with Crippen molar-refractivity contribution in [2.24, 2.45) is 0 Å². The number of hydrogen-bond acceptors (Lipinski definition) is 3. The third-order valence-corrected chi connectivity index (χ3v) is 2.60. The Morgan fingerprint density at radius 3 is 3.06 bits per heavy atom. The van der Waals surface area contributed by atoms with E-state index in [1.165, 1.54) is 6.07 Å². The molecule has 16 heavy (non-hydrogen) atoms. The van der Waals surface area contributed by atoms with Gasteiger partial charge in [0.25, 0.3) is 5.91 Å². The van der Waals surface area contributed by atoms with E-state index in [0.717, 1.165) is 19.3 Å². The van der Waals surface area contributed by atoms with Crippen molar-refractivity contribution < 1.29 is 14.6 Å². The summed E-state index contributed by atoms with van der Waals surface area (Å²) in [5, 5.41) is 12.0. The first-order valence-electron chi connectivity index (χ1n) is 5.51. The molecule has 1 aromatic carbocycles. The number of nitrogens with one attached hydrogen (secondary N) is 1. The average molecular weight is 221 g/mol. The van der Waals surface area contributed by atoms with Crippen molar-refractivity contribution in [2.45, 2.75) is 32.3 Å². The lowest BCUT2D eigenvalue weighted by molar-refractivity contribution is -0.123. The molecule has 1 aliphatic heterocycles. The Kier molecular flexibility index (Phi) is 2.99. The van der Waals surface area contributed by atoms with E-state index in [1.807, 2.05) is 0 Å². The summed E-state index contributed by atoms with van der Waals surface area (Å²) in [6, 6.07) is 4.71. The highest BCUT2D eigenvalue weighted by atomic mass is 16.5. The predicted octanol–water partition coefficient (Wildman–Crippen LogP) is 2.28. The Hall–Kier alpha value is -1.71. The largest absolute Gasteiger partial charge is 0.508 e. The normalized spacial score (nSPS) is 18.6. The minimum atomic E-state index is -0.406. The molecule has 1 heterocycles. The van der Waals surface area contributed by atoms with Crippen LogP contribution in [0.3, 0.4) is 0 Å². The molecule has 1 amide bonds. The van der Waals surface area contributed by atoms with Crippen LogP contribution in [0.1, 0.15) is 26.2 Å². The van der Waals surface area contributed by atoms with Crippen LogP contribution in [0, 0.1) is 0 Å². The number of phenolic OH excluding ortho intramolecular Hbond substituents is 1. The van der Waals surface area contributed by atoms with E-state index in [0.29, 0.717) is 11.4 Å². The Morgan fingerprint density at radius 2 is 2.31 bits per heavy atom. The van der Waals surface area contributed by atoms with Gasteiger partial charge in [0.1, 0.15) is 11.5 Å². The lowest BCUT2D eigenvalue weighted by atomic mass is 10.1. The number of fused-ring (bicyclic) bond motifs is 1. The molecular formula is C12H15NO3. The fourth-order valence-corrected chi connectivity index (χ4v) is 1.72. The molecule has 0 radical (unpaired) electrons. The van der Waals surface area contributed by atoms with Crippen LogP contribution in [0.25, 0.3) is 0 Å². The van der Waals surface area contributed by atoms with E-state index in [9.17, 15) is 9.90 Å². The van der Waals surface area contributed by atoms with Crippen LogP contribution in [-0.4, -0.2) is 17.1 Å². The maximum atomic E-state index is 11.7. The second kappa shape index (κ2) is 4.43. The van der Waals surface area contributed by atoms with Crippen LogP contribution in [0.15, 0.2) is 18.2 Å². The van der Waals surface area contributed by atoms with Gasteiger partial charge in [-0.15, -0.1) is 0 Å². The number of ether oxygens (including phenoxy) is 1. The minimum absolute atomic E-state index is 0.120. The molecule has 1 atom stereocenters. The van der Waals surface area contributed by atoms with Gasteiger partial charge in [0.15, 0.2) is 6.10 Å². The molecular weight excluding hydrogens is 206 g/mol. The van der Waals surface area contributed by atoms with Gasteiger partial charge in [0.05, 0.1) is 5.69 Å². The molecule has 1 unspecified atom stereocenters. The topological polar surface area (TPSA) is 58.6 Å². The van der Waals surface area contributed by atoms with E-state index in [4.69, 9.17) is 4.74 Å². The van der Waals surface area contributed by atoms with Gasteiger partial charge in [0, 0.05) is 6.07 Å². The predicted molar refractivity (Wildman–Crippen MR) is 60.7 cm³/mol. The number of aromatic hydroxyl groups is 1. The third-order valence-electron chi connectivity index (χ3n) is 2.60. The number of carbonyl (C=O) groups is 1. The molecule has 0 spiro atoms. The molecule has 0 aromatic heterocycles. The molecule has 86 valence electrons. The van der Waals surface area contributed by atoms with Crippen molar-refractivity contribution in [1.29, 1.82) is 0 Å². The van der Waals surface area contributed by atoms with Gasteiger partial charge >= 0.3 is 0 Å². The standard InChI is InChI=1S/C12H15NO3/c1-2-3-4-11-12(15)13-9-7-8(14)5-6-10(9)16-11/h5-7,11,14H,2-4H2,1H3,(H,13,15). The van der Waals surface area contributed by atoms with Crippen molar-refractivity contribution in [2.75, 3.05) is 5.32 Å². The van der Waals surface area contributed by atoms with Crippen molar-refractivity contribution in [1.82, 2.24) is 0 Å². The monoisotopic (exact) mass is 221 g/mol. The zero-order valence-electron chi connectivity index (χ0n) is 9.19. The number of amides is 1. The number of anilines is 1. The molecule has 2 rings (SSSR count). The van der Waals surface area contributed by atoms with Crippen LogP contribution in [0.4, 0.5) is 5.69 Å². The lowest BCUT2D eigenvalue weighted by Gasteiger charge is -2.25. The number of carbonyl (C=O) groups excluding carboxylic acids is 1. The summed E-state index contributed by atoms with van der Waals surface area (Å²) in [4.78, 5) is 11.7. The van der Waals surface area contributed by atoms with Crippen molar-refractivity contribution in [3.05, 3.63) is 18.2 Å². The van der Waals surface area contributed by atoms with E-state index < -0.39 is 6.10 Å². The van der Waals surface area contributed by atoms with Crippen LogP contribution in [0.5, 0.6) is 11.5 Å². The van der Waals surface area contributed by atoms with Crippen molar-refractivity contribution >= 4 is 11.6 Å². The van der Waals surface area contributed by atoms with Gasteiger partial charge in [-0.3, -0.25) is 4.79 Å². The van der Waals surface area contributed by atoms with Crippen LogP contribution in [-0.2, 0) is 4.79 Å². The Balaban J connectivity index is 2.15. The summed E-state index contributed by atoms with van der Waals surface area (Å²) in [5.41, 5.74) is 0.540. The lowest BCUT2D eigenvalue weighted by Crippen LogP contribution is -2.36. The highest BCUT2D eigenvalue weighted by Crippen LogP contribution is 2.33. The SMILES string of the molecule is CCCCC1Oc2ccc(O)cc2NC1=O. The van der Waals surface area contributed by atoms with Crippen molar-refractivity contribution in [3.8, 4) is 11.5 Å². The molecule has 4 nitrogen and oxygen atoms in total. The summed E-state index contributed by atoms with van der Waals surface area (Å²) in [6.45, 7) is 2.08. The van der Waals surface area contributed by atoms with Gasteiger partial charge in [-0.2, -0.15) is 0 Å². The first kappa shape index (κ1) is 10.8. The van der Waals surface area contributed by atoms with Gasteiger partial charge in [-0.25, -0.2) is 0 Å². The third kappa shape index (κ3) is 2.10. The molecule has 4 heteroatoms. The van der Waals surface area contributed by atoms with E-state index in [-0.39, 0.29) is 11.7 Å². The molecule has 0 saturated carbocycles. The van der Waals surface area contributed by atoms with Crippen LogP contribution < -0.4 is 10.1 Å². The molecule has 1 aliphatic rings. The average Bonchev–Trinajstić information content (AvgIpc) is 2.26. The first-order valence-corrected chi connectivity index (χ1v) is 5.51. The smallest absolute Gasteiger partial charge is 0.265 e. The second-order valence-corrected chi connectivity index (χ2v) is 3.92. The number of unbranched alkanes of at least 4 members (excludes halogenated alkanes) is 1. The Bertz CT molecular complexity index is 403. The molecule has 0 fully saturated rings. The number of benzene rings is 1. The second-order valence-electron chi connectivity index (χ2n) is 3.92. The van der Waals surface area contributed by atoms with Gasteiger partial charge in [-0.05, 0) is 25.0 Å². The summed E-state index contributed by atoms with van der Waals surface area (Å²) < 4.78 is 5.58. The van der Waals surface area contributed by atoms with E-state index in [1.54, 1.807) is 12.1 Å². The Morgan fingerprint density at radius 1 is 1.50 bits per heavy atom. The zero-order chi connectivity index (χ0) is 11.5. The van der Waals surface area contributed by atoms with E-state index in [2.05, 4.69) is 12.2 Å². The number of rotatable bonds is 3. The zero-order valence-corrected chi connectivity index (χ0v) is 9.19. The van der Waals surface area contributed by atoms with Gasteiger partial charge in [0.2, 0.25) is 0 Å². The highest BCUT2D eigenvalue weighted by Gasteiger charge is 2.26. The van der Waals surface area contributed by atoms with Crippen molar-refractivity contribution in [3.63, 3.8) is 0 Å². The fourth-order valence-electron chi connectivity index (χ4n) is 1.72. The quantitative estimate of drug-likeness (QED) is 0.823. The molecule has 1 aromatic rings. The summed E-state index contributed by atoms with van der Waals surface area (Å²) in [6.07, 6.45) is 2.32. The fraction of sp³-hybridized carbons (Fsp3) is 0.417. The Labute approximate surface area is 94.2 Å². The number of phenols is 1. The maximum absolute atomic E-state index is 11.7. The van der Waals surface area contributed by atoms with Crippen LogP contribution >= 0.6 is 0 Å². The number of hydrogen-bond donors (Lipinski definition) is 2. The molecule has 0 bridgehead atoms. The summed E-state index contributed by atoms with van der Waals surface area (Å²) in [5.74, 6) is 0.611. The molecule has 0 aliphatic carbocycles. The minimum Gasteiger partial charge on any atom is -0.508 e. The summed E-state index contributed by atoms with van der Waals surface area (Å²) in [7, 11) is 0. The first-order chi connectivity index (χ1) is 7.70. The van der Waals surface area contributed by atoms with Gasteiger partial charge < -0.3 is 15.2 Å².